The van der Waals surface area contributed by atoms with Crippen LogP contribution in [-0.4, -0.2) is 38.1 Å². The fraction of sp³-hybridized carbons (Fsp3) is 0.579. The predicted octanol–water partition coefficient (Wildman–Crippen LogP) is 2.90. The molecule has 2 N–H and O–H groups in total. The highest BCUT2D eigenvalue weighted by Gasteiger charge is 2.38. The molecule has 1 heterocycles. The number of ether oxygens (including phenoxy) is 2. The van der Waals surface area contributed by atoms with E-state index in [-0.39, 0.29) is 23.2 Å². The Morgan fingerprint density at radius 3 is 2.58 bits per heavy atom. The minimum atomic E-state index is -0.106. The van der Waals surface area contributed by atoms with Crippen LogP contribution >= 0.6 is 11.6 Å². The summed E-state index contributed by atoms with van der Waals surface area (Å²) in [6, 6.07) is 5.85. The van der Waals surface area contributed by atoms with Crippen molar-refractivity contribution >= 4 is 23.2 Å². The van der Waals surface area contributed by atoms with Gasteiger partial charge in [-0.15, -0.1) is 11.6 Å². The average Bonchev–Trinajstić information content (AvgIpc) is 2.65. The highest BCUT2D eigenvalue weighted by molar-refractivity contribution is 6.20. The van der Waals surface area contributed by atoms with Gasteiger partial charge in [0.05, 0.1) is 20.1 Å². The third-order valence-corrected chi connectivity index (χ3v) is 5.77. The van der Waals surface area contributed by atoms with Crippen LogP contribution in [0.1, 0.15) is 31.2 Å². The summed E-state index contributed by atoms with van der Waals surface area (Å²) in [5.74, 6) is 1.32. The van der Waals surface area contributed by atoms with Gasteiger partial charge in [-0.05, 0) is 31.6 Å². The molecule has 2 fully saturated rings. The Labute approximate surface area is 158 Å². The quantitative estimate of drug-likeness (QED) is 0.771. The van der Waals surface area contributed by atoms with Gasteiger partial charge in [0.15, 0.2) is 0 Å². The van der Waals surface area contributed by atoms with Crippen molar-refractivity contribution in [2.24, 2.45) is 11.8 Å². The second-order valence-corrected chi connectivity index (χ2v) is 7.58. The molecule has 1 aromatic rings. The molecule has 1 amide bonds. The van der Waals surface area contributed by atoms with Crippen LogP contribution in [0, 0.1) is 23.2 Å². The lowest BCUT2D eigenvalue weighted by Gasteiger charge is -2.41. The van der Waals surface area contributed by atoms with Gasteiger partial charge in [0.25, 0.3) is 0 Å². The van der Waals surface area contributed by atoms with Crippen molar-refractivity contribution in [2.45, 2.75) is 37.1 Å². The Bertz CT molecular complexity index is 693. The summed E-state index contributed by atoms with van der Waals surface area (Å²) < 4.78 is 10.6. The van der Waals surface area contributed by atoms with E-state index >= 15 is 0 Å². The maximum absolute atomic E-state index is 12.4. The number of benzene rings is 1. The number of alkyl halides is 1. The van der Waals surface area contributed by atoms with Crippen molar-refractivity contribution in [3.05, 3.63) is 17.7 Å². The Morgan fingerprint density at radius 1 is 1.27 bits per heavy atom. The highest BCUT2D eigenvalue weighted by Crippen LogP contribution is 2.36. The van der Waals surface area contributed by atoms with Crippen LogP contribution in [0.15, 0.2) is 12.1 Å². The largest absolute Gasteiger partial charge is 0.495 e. The number of carbonyl (C=O) groups is 1. The first-order valence-corrected chi connectivity index (χ1v) is 9.33. The number of methoxy groups -OCH3 is 2. The standard InChI is InChI=1S/C19H24ClN3O3/c1-25-17-7-14(8-18(26-2)15(17)9-21)22-10-12-5-11-6-13(20)3-4-16(11)23-19(12)24/h7-8,11-13,16,22H,3-6,10H2,1-2H3,(H,23,24). The summed E-state index contributed by atoms with van der Waals surface area (Å²) in [6.45, 7) is 0.514. The molecule has 3 rings (SSSR count). The molecule has 1 saturated carbocycles. The summed E-state index contributed by atoms with van der Waals surface area (Å²) in [7, 11) is 3.03. The number of hydrogen-bond acceptors (Lipinski definition) is 5. The molecular weight excluding hydrogens is 354 g/mol. The molecule has 1 aliphatic heterocycles. The number of carbonyl (C=O) groups excluding carboxylic acids is 1. The summed E-state index contributed by atoms with van der Waals surface area (Å²) in [4.78, 5) is 12.4. The number of rotatable bonds is 5. The van der Waals surface area contributed by atoms with E-state index in [4.69, 9.17) is 21.1 Å². The number of piperidine rings is 1. The summed E-state index contributed by atoms with van der Waals surface area (Å²) >= 11 is 6.31. The second kappa shape index (κ2) is 8.05. The zero-order valence-electron chi connectivity index (χ0n) is 15.0. The SMILES string of the molecule is COc1cc(NCC2CC3CC(Cl)CCC3NC2=O)cc(OC)c1C#N. The van der Waals surface area contributed by atoms with Crippen molar-refractivity contribution in [1.82, 2.24) is 5.32 Å². The Balaban J connectivity index is 1.68. The van der Waals surface area contributed by atoms with Crippen molar-refractivity contribution in [2.75, 3.05) is 26.1 Å². The molecular formula is C19H24ClN3O3. The first-order valence-electron chi connectivity index (χ1n) is 8.90. The third-order valence-electron chi connectivity index (χ3n) is 5.37. The molecule has 0 spiro atoms. The number of nitriles is 1. The Morgan fingerprint density at radius 2 is 1.96 bits per heavy atom. The normalized spacial score (nSPS) is 27.7. The lowest BCUT2D eigenvalue weighted by molar-refractivity contribution is -0.129. The predicted molar refractivity (Wildman–Crippen MR) is 99.8 cm³/mol. The molecule has 6 nitrogen and oxygen atoms in total. The van der Waals surface area contributed by atoms with Gasteiger partial charge < -0.3 is 20.1 Å². The van der Waals surface area contributed by atoms with Crippen molar-refractivity contribution in [1.29, 1.82) is 5.26 Å². The van der Waals surface area contributed by atoms with Gasteiger partial charge in [-0.3, -0.25) is 4.79 Å². The highest BCUT2D eigenvalue weighted by atomic mass is 35.5. The number of nitrogens with zero attached hydrogens (tertiary/aromatic N) is 1. The topological polar surface area (TPSA) is 83.4 Å². The van der Waals surface area contributed by atoms with E-state index < -0.39 is 0 Å². The first kappa shape index (κ1) is 18.7. The lowest BCUT2D eigenvalue weighted by atomic mass is 9.75. The monoisotopic (exact) mass is 377 g/mol. The molecule has 4 atom stereocenters. The van der Waals surface area contributed by atoms with Gasteiger partial charge in [0.1, 0.15) is 23.1 Å². The van der Waals surface area contributed by atoms with E-state index in [1.807, 2.05) is 0 Å². The van der Waals surface area contributed by atoms with Gasteiger partial charge in [0.2, 0.25) is 5.91 Å². The van der Waals surface area contributed by atoms with Crippen LogP contribution in [0.2, 0.25) is 0 Å². The van der Waals surface area contributed by atoms with Crippen molar-refractivity contribution < 1.29 is 14.3 Å². The molecule has 7 heteroatoms. The van der Waals surface area contributed by atoms with Gasteiger partial charge in [-0.25, -0.2) is 0 Å². The van der Waals surface area contributed by atoms with Gasteiger partial charge in [0, 0.05) is 35.8 Å². The third kappa shape index (κ3) is 3.83. The molecule has 1 saturated heterocycles. The van der Waals surface area contributed by atoms with Crippen LogP contribution < -0.4 is 20.1 Å². The number of amides is 1. The lowest BCUT2D eigenvalue weighted by Crippen LogP contribution is -2.53. The summed E-state index contributed by atoms with van der Waals surface area (Å²) in [5, 5.41) is 15.9. The Hall–Kier alpha value is -2.13. The fourth-order valence-electron chi connectivity index (χ4n) is 3.97. The zero-order chi connectivity index (χ0) is 18.7. The van der Waals surface area contributed by atoms with Crippen LogP contribution in [0.25, 0.3) is 0 Å². The van der Waals surface area contributed by atoms with Crippen LogP contribution in [-0.2, 0) is 4.79 Å². The van der Waals surface area contributed by atoms with Crippen LogP contribution in [0.4, 0.5) is 5.69 Å². The van der Waals surface area contributed by atoms with E-state index in [1.54, 1.807) is 12.1 Å². The molecule has 4 unspecified atom stereocenters. The van der Waals surface area contributed by atoms with E-state index in [1.165, 1.54) is 14.2 Å². The average molecular weight is 378 g/mol. The second-order valence-electron chi connectivity index (χ2n) is 6.97. The van der Waals surface area contributed by atoms with Crippen molar-refractivity contribution in [3.63, 3.8) is 0 Å². The zero-order valence-corrected chi connectivity index (χ0v) is 15.8. The van der Waals surface area contributed by atoms with Crippen LogP contribution in [0.3, 0.4) is 0 Å². The van der Waals surface area contributed by atoms with Crippen molar-refractivity contribution in [3.8, 4) is 17.6 Å². The van der Waals surface area contributed by atoms with Gasteiger partial charge in [-0.2, -0.15) is 5.26 Å². The molecule has 0 bridgehead atoms. The van der Waals surface area contributed by atoms with E-state index in [2.05, 4.69) is 16.7 Å². The fourth-order valence-corrected chi connectivity index (χ4v) is 4.33. The minimum Gasteiger partial charge on any atom is -0.495 e. The number of nitrogens with one attached hydrogen (secondary N) is 2. The Kier molecular flexibility index (Phi) is 5.77. The molecule has 1 aromatic carbocycles. The molecule has 0 radical (unpaired) electrons. The van der Waals surface area contributed by atoms with E-state index in [0.29, 0.717) is 29.5 Å². The van der Waals surface area contributed by atoms with E-state index in [9.17, 15) is 10.1 Å². The number of halogens is 1. The number of anilines is 1. The molecule has 140 valence electrons. The number of hydrogen-bond donors (Lipinski definition) is 2. The number of fused-ring (bicyclic) bond motifs is 1. The van der Waals surface area contributed by atoms with Gasteiger partial charge >= 0.3 is 0 Å². The van der Waals surface area contributed by atoms with Crippen LogP contribution in [0.5, 0.6) is 11.5 Å². The van der Waals surface area contributed by atoms with E-state index in [0.717, 1.165) is 31.4 Å². The smallest absolute Gasteiger partial charge is 0.225 e. The van der Waals surface area contributed by atoms with Gasteiger partial charge in [-0.1, -0.05) is 0 Å². The molecule has 1 aliphatic carbocycles. The molecule has 26 heavy (non-hydrogen) atoms. The summed E-state index contributed by atoms with van der Waals surface area (Å²) in [6.07, 6.45) is 3.74. The minimum absolute atomic E-state index is 0.0966. The molecule has 2 aliphatic rings. The molecule has 0 aromatic heterocycles. The summed E-state index contributed by atoms with van der Waals surface area (Å²) in [5.41, 5.74) is 1.11. The maximum atomic E-state index is 12.4. The first-order chi connectivity index (χ1) is 12.5. The maximum Gasteiger partial charge on any atom is 0.225 e.